The van der Waals surface area contributed by atoms with Gasteiger partial charge < -0.3 is 31.3 Å². The lowest BCUT2D eigenvalue weighted by Crippen LogP contribution is -2.41. The molecule has 0 aliphatic carbocycles. The number of benzene rings is 2. The van der Waals surface area contributed by atoms with Crippen LogP contribution in [-0.2, 0) is 0 Å². The van der Waals surface area contributed by atoms with Crippen LogP contribution in [0, 0.1) is 5.92 Å². The van der Waals surface area contributed by atoms with Crippen molar-refractivity contribution in [3.8, 4) is 17.2 Å². The van der Waals surface area contributed by atoms with Crippen molar-refractivity contribution in [2.45, 2.75) is 12.8 Å². The van der Waals surface area contributed by atoms with Crippen LogP contribution in [0.25, 0.3) is 5.70 Å². The van der Waals surface area contributed by atoms with Gasteiger partial charge in [-0.2, -0.15) is 0 Å². The normalized spacial score (nSPS) is 16.6. The largest absolute Gasteiger partial charge is 0.504 e. The molecule has 1 aliphatic heterocycles. The molecule has 1 heterocycles. The highest BCUT2D eigenvalue weighted by atomic mass is 16.5. The number of phenols is 2. The molecule has 1 fully saturated rings. The van der Waals surface area contributed by atoms with Crippen LogP contribution in [0.15, 0.2) is 43.0 Å². The lowest BCUT2D eigenvalue weighted by Gasteiger charge is -2.33. The summed E-state index contributed by atoms with van der Waals surface area (Å²) in [5.41, 5.74) is 13.6. The summed E-state index contributed by atoms with van der Waals surface area (Å²) in [4.78, 5) is 14.5. The van der Waals surface area contributed by atoms with Gasteiger partial charge in [0, 0.05) is 36.0 Å². The van der Waals surface area contributed by atoms with Crippen LogP contribution in [0.3, 0.4) is 0 Å². The van der Waals surface area contributed by atoms with E-state index in [1.54, 1.807) is 23.1 Å². The van der Waals surface area contributed by atoms with E-state index < -0.39 is 0 Å². The molecule has 1 amide bonds. The third kappa shape index (κ3) is 4.14. The number of nitrogen functional groups attached to an aromatic ring is 1. The summed E-state index contributed by atoms with van der Waals surface area (Å²) in [6, 6.07) is 9.44. The molecule has 2 aromatic rings. The van der Waals surface area contributed by atoms with Crippen molar-refractivity contribution in [3.63, 3.8) is 0 Å². The number of hydrogen-bond acceptors (Lipinski definition) is 6. The number of amides is 1. The van der Waals surface area contributed by atoms with E-state index in [1.165, 1.54) is 18.2 Å². The highest BCUT2D eigenvalue weighted by Crippen LogP contribution is 2.30. The monoisotopic (exact) mass is 383 g/mol. The molecule has 6 N–H and O–H groups in total. The maximum atomic E-state index is 12.7. The molecular formula is C21H25N3O4. The fourth-order valence-corrected chi connectivity index (χ4v) is 3.44. The third-order valence-electron chi connectivity index (χ3n) is 4.88. The van der Waals surface area contributed by atoms with E-state index in [0.717, 1.165) is 12.8 Å². The fraction of sp³-hybridized carbons (Fsp3) is 0.286. The molecule has 0 saturated carbocycles. The van der Waals surface area contributed by atoms with Gasteiger partial charge >= 0.3 is 0 Å². The Balaban J connectivity index is 1.66. The Morgan fingerprint density at radius 1 is 1.25 bits per heavy atom. The predicted molar refractivity (Wildman–Crippen MR) is 108 cm³/mol. The number of nitrogens with zero attached hydrogens (tertiary/aromatic N) is 1. The first kappa shape index (κ1) is 19.4. The third-order valence-corrected chi connectivity index (χ3v) is 4.88. The van der Waals surface area contributed by atoms with Crippen molar-refractivity contribution in [3.05, 3.63) is 54.1 Å². The van der Waals surface area contributed by atoms with Crippen molar-refractivity contribution in [1.29, 1.82) is 0 Å². The second-order valence-electron chi connectivity index (χ2n) is 7.02. The van der Waals surface area contributed by atoms with Crippen LogP contribution >= 0.6 is 0 Å². The molecule has 28 heavy (non-hydrogen) atoms. The molecule has 0 bridgehead atoms. The van der Waals surface area contributed by atoms with Gasteiger partial charge in [-0.25, -0.2) is 0 Å². The smallest absolute Gasteiger partial charge is 0.254 e. The zero-order valence-electron chi connectivity index (χ0n) is 15.6. The molecule has 7 heteroatoms. The highest BCUT2D eigenvalue weighted by Gasteiger charge is 2.26. The topological polar surface area (TPSA) is 122 Å². The lowest BCUT2D eigenvalue weighted by atomic mass is 9.98. The van der Waals surface area contributed by atoms with Crippen LogP contribution in [0.2, 0.25) is 0 Å². The van der Waals surface area contributed by atoms with Gasteiger partial charge in [0.25, 0.3) is 5.91 Å². The van der Waals surface area contributed by atoms with Gasteiger partial charge in [-0.3, -0.25) is 4.79 Å². The number of nitrogens with two attached hydrogens (primary N) is 2. The van der Waals surface area contributed by atoms with Crippen LogP contribution in [0.1, 0.15) is 28.8 Å². The van der Waals surface area contributed by atoms with Crippen LogP contribution in [0.5, 0.6) is 17.2 Å². The van der Waals surface area contributed by atoms with Crippen molar-refractivity contribution in [2.24, 2.45) is 11.7 Å². The van der Waals surface area contributed by atoms with Crippen LogP contribution in [0.4, 0.5) is 5.69 Å². The van der Waals surface area contributed by atoms with E-state index >= 15 is 0 Å². The van der Waals surface area contributed by atoms with Crippen molar-refractivity contribution in [1.82, 2.24) is 4.90 Å². The van der Waals surface area contributed by atoms with Crippen molar-refractivity contribution in [2.75, 3.05) is 25.4 Å². The molecule has 0 spiro atoms. The SMILES string of the molecule is C=C(N)c1c(N)cccc1OCC1CCCN(C(=O)c2ccc(O)c(O)c2)C1. The lowest BCUT2D eigenvalue weighted by molar-refractivity contribution is 0.0633. The molecule has 2 aromatic carbocycles. The molecule has 0 radical (unpaired) electrons. The summed E-state index contributed by atoms with van der Waals surface area (Å²) in [6.45, 7) is 5.36. The first-order valence-corrected chi connectivity index (χ1v) is 9.14. The molecule has 1 unspecified atom stereocenters. The Bertz CT molecular complexity index is 897. The van der Waals surface area contributed by atoms with Crippen LogP contribution < -0.4 is 16.2 Å². The van der Waals surface area contributed by atoms with E-state index in [4.69, 9.17) is 16.2 Å². The average molecular weight is 383 g/mol. The summed E-state index contributed by atoms with van der Waals surface area (Å²) in [5.74, 6) is 0.00275. The van der Waals surface area contributed by atoms with E-state index in [1.807, 2.05) is 0 Å². The predicted octanol–water partition coefficient (Wildman–Crippen LogP) is 2.54. The molecule has 7 nitrogen and oxygen atoms in total. The fourth-order valence-electron chi connectivity index (χ4n) is 3.44. The van der Waals surface area contributed by atoms with Gasteiger partial charge in [0.15, 0.2) is 11.5 Å². The van der Waals surface area contributed by atoms with E-state index in [9.17, 15) is 15.0 Å². The first-order chi connectivity index (χ1) is 13.4. The zero-order valence-corrected chi connectivity index (χ0v) is 15.6. The minimum atomic E-state index is -0.307. The van der Waals surface area contributed by atoms with Gasteiger partial charge in [0.1, 0.15) is 5.75 Å². The Labute approximate surface area is 163 Å². The maximum Gasteiger partial charge on any atom is 0.254 e. The van der Waals surface area contributed by atoms with E-state index in [-0.39, 0.29) is 23.3 Å². The summed E-state index contributed by atoms with van der Waals surface area (Å²) >= 11 is 0. The van der Waals surface area contributed by atoms with Crippen molar-refractivity contribution >= 4 is 17.3 Å². The van der Waals surface area contributed by atoms with E-state index in [0.29, 0.717) is 48.0 Å². The number of anilines is 1. The Kier molecular flexibility index (Phi) is 5.63. The summed E-state index contributed by atoms with van der Waals surface area (Å²) in [6.07, 6.45) is 1.79. The van der Waals surface area contributed by atoms with Crippen LogP contribution in [-0.4, -0.2) is 40.7 Å². The number of hydrogen-bond donors (Lipinski definition) is 4. The number of carbonyl (C=O) groups is 1. The van der Waals surface area contributed by atoms with Crippen molar-refractivity contribution < 1.29 is 19.7 Å². The zero-order chi connectivity index (χ0) is 20.3. The maximum absolute atomic E-state index is 12.7. The van der Waals surface area contributed by atoms with Gasteiger partial charge in [0.05, 0.1) is 12.2 Å². The van der Waals surface area contributed by atoms with Gasteiger partial charge in [-0.1, -0.05) is 12.6 Å². The van der Waals surface area contributed by atoms with Gasteiger partial charge in [0.2, 0.25) is 0 Å². The average Bonchev–Trinajstić information content (AvgIpc) is 2.68. The number of aromatic hydroxyl groups is 2. The number of likely N-dealkylation sites (tertiary alicyclic amines) is 1. The van der Waals surface area contributed by atoms with Gasteiger partial charge in [-0.15, -0.1) is 0 Å². The summed E-state index contributed by atoms with van der Waals surface area (Å²) in [7, 11) is 0. The molecule has 1 saturated heterocycles. The standard InChI is InChI=1S/C21H25N3O4/c1-13(22)20-16(23)5-2-6-19(20)28-12-14-4-3-9-24(11-14)21(27)15-7-8-17(25)18(26)10-15/h2,5-8,10,14,25-26H,1,3-4,9,11-12,22-23H2. The molecule has 148 valence electrons. The number of piperidine rings is 1. The quantitative estimate of drug-likeness (QED) is 0.465. The number of phenolic OH excluding ortho intramolecular Hbond substituents is 2. The number of carbonyl (C=O) groups excluding carboxylic acids is 1. The minimum absolute atomic E-state index is 0.156. The molecule has 1 aliphatic rings. The molecular weight excluding hydrogens is 358 g/mol. The summed E-state index contributed by atoms with van der Waals surface area (Å²) in [5, 5.41) is 19.1. The first-order valence-electron chi connectivity index (χ1n) is 9.14. The second kappa shape index (κ2) is 8.12. The second-order valence-corrected chi connectivity index (χ2v) is 7.02. The molecule has 1 atom stereocenters. The molecule has 0 aromatic heterocycles. The Morgan fingerprint density at radius 3 is 2.75 bits per heavy atom. The Morgan fingerprint density at radius 2 is 2.04 bits per heavy atom. The number of ether oxygens (including phenoxy) is 1. The Hall–Kier alpha value is -3.35. The summed E-state index contributed by atoms with van der Waals surface area (Å²) < 4.78 is 5.96. The molecule has 3 rings (SSSR count). The van der Waals surface area contributed by atoms with Gasteiger partial charge in [-0.05, 0) is 43.2 Å². The highest BCUT2D eigenvalue weighted by molar-refractivity contribution is 5.95. The number of rotatable bonds is 5. The van der Waals surface area contributed by atoms with E-state index in [2.05, 4.69) is 6.58 Å². The minimum Gasteiger partial charge on any atom is -0.504 e.